The molecule has 0 aliphatic carbocycles. The second-order valence-corrected chi connectivity index (χ2v) is 22.0. The number of amides is 1. The monoisotopic (exact) mass is 717 g/mol. The number of piperidine rings is 1. The number of aryl methyl sites for hydroxylation is 1. The number of benzene rings is 1. The second kappa shape index (κ2) is 13.3. The van der Waals surface area contributed by atoms with Crippen molar-refractivity contribution >= 4 is 53.7 Å². The van der Waals surface area contributed by atoms with Gasteiger partial charge in [0.15, 0.2) is 5.65 Å². The molecule has 0 saturated carbocycles. The van der Waals surface area contributed by atoms with Gasteiger partial charge in [-0.2, -0.15) is 5.10 Å². The summed E-state index contributed by atoms with van der Waals surface area (Å²) >= 11 is 7.17. The number of nitrogens with zero attached hydrogens (tertiary/aromatic N) is 8. The molecule has 2 bridgehead atoms. The van der Waals surface area contributed by atoms with Crippen LogP contribution in [0.3, 0.4) is 0 Å². The number of rotatable bonds is 10. The molecule has 2 unspecified atom stereocenters. The zero-order valence-corrected chi connectivity index (χ0v) is 31.9. The second-order valence-electron chi connectivity index (χ2n) is 16.0. The van der Waals surface area contributed by atoms with Crippen LogP contribution in [0.4, 0.5) is 10.6 Å². The number of alkyl carbamates (subject to hydrolysis) is 1. The van der Waals surface area contributed by atoms with Gasteiger partial charge in [0.1, 0.15) is 29.5 Å². The molecule has 266 valence electrons. The van der Waals surface area contributed by atoms with E-state index >= 15 is 0 Å². The Hall–Kier alpha value is -3.94. The summed E-state index contributed by atoms with van der Waals surface area (Å²) in [6.45, 7) is 14.3. The smallest absolute Gasteiger partial charge is 0.407 e. The van der Waals surface area contributed by atoms with Crippen molar-refractivity contribution in [2.75, 3.05) is 11.5 Å². The fourth-order valence-corrected chi connectivity index (χ4v) is 8.30. The summed E-state index contributed by atoms with van der Waals surface area (Å²) in [5.74, 6) is 1.76. The van der Waals surface area contributed by atoms with Gasteiger partial charge in [0.25, 0.3) is 0 Å². The number of hydrogen-bond donors (Lipinski definition) is 1. The molecule has 4 aromatic heterocycles. The van der Waals surface area contributed by atoms with Gasteiger partial charge in [-0.15, -0.1) is 0 Å². The molecule has 1 N–H and O–H groups in total. The van der Waals surface area contributed by atoms with Gasteiger partial charge in [-0.05, 0) is 58.6 Å². The van der Waals surface area contributed by atoms with Crippen molar-refractivity contribution in [2.45, 2.75) is 109 Å². The van der Waals surface area contributed by atoms with E-state index in [0.717, 1.165) is 76.6 Å². The lowest BCUT2D eigenvalue weighted by molar-refractivity contribution is 0.0492. The van der Waals surface area contributed by atoms with Crippen molar-refractivity contribution < 1.29 is 14.3 Å². The standard InChI is InChI=1S/C36H48ClN9O3Si/c1-36(2,3)49-35(47)40-23-16-24-8-9-25(17-23)46(24)30-18-39-33-27(19-44(34(33)41-30)22-48-14-15-50(5,6)7)26-10-11-29-28(32(26)37)20-45(42-29)21-31-38-12-13-43(31)4/h10-13,18-20,23-25H,8-9,14-17,21-22H2,1-7H3,(H,40,47). The van der Waals surface area contributed by atoms with Crippen molar-refractivity contribution in [3.8, 4) is 11.1 Å². The predicted octanol–water partition coefficient (Wildman–Crippen LogP) is 7.22. The number of carbonyl (C=O) groups excluding carboxylic acids is 1. The Balaban J connectivity index is 1.19. The molecule has 7 rings (SSSR count). The third kappa shape index (κ3) is 7.26. The lowest BCUT2D eigenvalue weighted by Crippen LogP contribution is -2.51. The third-order valence-corrected chi connectivity index (χ3v) is 11.8. The Morgan fingerprint density at radius 1 is 1.08 bits per heavy atom. The van der Waals surface area contributed by atoms with Crippen molar-refractivity contribution in [1.29, 1.82) is 0 Å². The largest absolute Gasteiger partial charge is 0.444 e. The number of aromatic nitrogens is 7. The van der Waals surface area contributed by atoms with Crippen molar-refractivity contribution in [2.24, 2.45) is 7.05 Å². The van der Waals surface area contributed by atoms with Gasteiger partial charge in [0, 0.05) is 81.2 Å². The van der Waals surface area contributed by atoms with Gasteiger partial charge in [-0.1, -0.05) is 37.3 Å². The van der Waals surface area contributed by atoms with E-state index < -0.39 is 13.7 Å². The first-order chi connectivity index (χ1) is 23.7. The number of fused-ring (bicyclic) bond motifs is 4. The van der Waals surface area contributed by atoms with E-state index in [1.165, 1.54) is 0 Å². The van der Waals surface area contributed by atoms with E-state index in [0.29, 0.717) is 24.9 Å². The fraction of sp³-hybridized carbons (Fsp3) is 0.528. The van der Waals surface area contributed by atoms with Crippen molar-refractivity contribution in [1.82, 2.24) is 39.2 Å². The Morgan fingerprint density at radius 3 is 2.52 bits per heavy atom. The molecule has 6 heterocycles. The summed E-state index contributed by atoms with van der Waals surface area (Å²) in [7, 11) is 0.723. The van der Waals surface area contributed by atoms with Crippen LogP contribution in [0.1, 0.15) is 52.3 Å². The van der Waals surface area contributed by atoms with Crippen molar-refractivity contribution in [3.63, 3.8) is 0 Å². The minimum atomic E-state index is -1.25. The van der Waals surface area contributed by atoms with Gasteiger partial charge in [0.05, 0.1) is 23.3 Å². The van der Waals surface area contributed by atoms with Crippen LogP contribution in [-0.4, -0.2) is 78.4 Å². The van der Waals surface area contributed by atoms with Crippen LogP contribution >= 0.6 is 11.6 Å². The maximum absolute atomic E-state index is 12.6. The lowest BCUT2D eigenvalue weighted by atomic mass is 9.97. The summed E-state index contributed by atoms with van der Waals surface area (Å²) in [4.78, 5) is 29.7. The molecule has 2 saturated heterocycles. The Bertz CT molecular complexity index is 2010. The van der Waals surface area contributed by atoms with E-state index in [2.05, 4.69) is 45.6 Å². The maximum Gasteiger partial charge on any atom is 0.407 e. The number of hydrogen-bond acceptors (Lipinski definition) is 8. The summed E-state index contributed by atoms with van der Waals surface area (Å²) in [5, 5.41) is 9.38. The van der Waals surface area contributed by atoms with E-state index in [1.54, 1.807) is 6.20 Å². The molecule has 12 nitrogen and oxygen atoms in total. The van der Waals surface area contributed by atoms with Crippen LogP contribution in [-0.2, 0) is 29.8 Å². The van der Waals surface area contributed by atoms with E-state index in [-0.39, 0.29) is 24.2 Å². The van der Waals surface area contributed by atoms with Gasteiger partial charge in [-0.25, -0.2) is 19.7 Å². The zero-order valence-electron chi connectivity index (χ0n) is 30.1. The first-order valence-electron chi connectivity index (χ1n) is 17.6. The van der Waals surface area contributed by atoms with Crippen LogP contribution in [0.2, 0.25) is 30.7 Å². The van der Waals surface area contributed by atoms with Gasteiger partial charge >= 0.3 is 6.09 Å². The SMILES string of the molecule is Cn1ccnc1Cn1cc2c(Cl)c(-c3cn(COCC[Si](C)(C)C)c4nc(N5C6CCC5CC(NC(=O)OC(C)(C)C)C6)cnc34)ccc2n1. The van der Waals surface area contributed by atoms with Crippen LogP contribution in [0.5, 0.6) is 0 Å². The minimum Gasteiger partial charge on any atom is -0.444 e. The highest BCUT2D eigenvalue weighted by Gasteiger charge is 2.42. The Labute approximate surface area is 299 Å². The molecular formula is C36H48ClN9O3Si. The number of nitrogens with one attached hydrogen (secondary N) is 1. The third-order valence-electron chi connectivity index (χ3n) is 9.68. The minimum absolute atomic E-state index is 0.0654. The molecule has 50 heavy (non-hydrogen) atoms. The topological polar surface area (TPSA) is 117 Å². The van der Waals surface area contributed by atoms with Crippen LogP contribution in [0.15, 0.2) is 43.1 Å². The predicted molar refractivity (Wildman–Crippen MR) is 199 cm³/mol. The molecule has 0 spiro atoms. The molecule has 5 aromatic rings. The highest BCUT2D eigenvalue weighted by Crippen LogP contribution is 2.41. The quantitative estimate of drug-likeness (QED) is 0.119. The first-order valence-corrected chi connectivity index (χ1v) is 21.6. The van der Waals surface area contributed by atoms with Crippen molar-refractivity contribution in [3.05, 3.63) is 54.0 Å². The van der Waals surface area contributed by atoms with Gasteiger partial charge in [-0.3, -0.25) is 4.68 Å². The van der Waals surface area contributed by atoms with E-state index in [9.17, 15) is 4.79 Å². The molecule has 2 atom stereocenters. The Morgan fingerprint density at radius 2 is 1.84 bits per heavy atom. The van der Waals surface area contributed by atoms with Crippen LogP contribution in [0, 0.1) is 0 Å². The van der Waals surface area contributed by atoms with Gasteiger partial charge in [0.2, 0.25) is 0 Å². The number of imidazole rings is 1. The van der Waals surface area contributed by atoms with Crippen LogP contribution < -0.4 is 10.2 Å². The molecular weight excluding hydrogens is 670 g/mol. The summed E-state index contributed by atoms with van der Waals surface area (Å²) in [6, 6.07) is 5.69. The fourth-order valence-electron chi connectivity index (χ4n) is 7.23. The molecule has 2 aliphatic rings. The highest BCUT2D eigenvalue weighted by atomic mass is 35.5. The van der Waals surface area contributed by atoms with E-state index in [1.807, 2.05) is 67.8 Å². The summed E-state index contributed by atoms with van der Waals surface area (Å²) in [6.07, 6.45) is 13.1. The Kier molecular flexibility index (Phi) is 9.19. The number of carbonyl (C=O) groups is 1. The normalized spacial score (nSPS) is 19.5. The number of halogens is 1. The molecule has 0 radical (unpaired) electrons. The van der Waals surface area contributed by atoms with Crippen LogP contribution in [0.25, 0.3) is 33.2 Å². The first kappa shape index (κ1) is 34.5. The van der Waals surface area contributed by atoms with E-state index in [4.69, 9.17) is 36.1 Å². The number of anilines is 1. The summed E-state index contributed by atoms with van der Waals surface area (Å²) < 4.78 is 17.7. The lowest BCUT2D eigenvalue weighted by Gasteiger charge is -2.39. The maximum atomic E-state index is 12.6. The zero-order chi connectivity index (χ0) is 35.4. The summed E-state index contributed by atoms with van der Waals surface area (Å²) in [5.41, 5.74) is 3.61. The van der Waals surface area contributed by atoms with Gasteiger partial charge < -0.3 is 28.8 Å². The number of ether oxygens (including phenoxy) is 2. The highest BCUT2D eigenvalue weighted by molar-refractivity contribution is 6.76. The molecule has 14 heteroatoms. The molecule has 1 amide bonds. The molecule has 1 aromatic carbocycles. The average molecular weight is 718 g/mol. The average Bonchev–Trinajstić information content (AvgIpc) is 3.78. The molecule has 2 fully saturated rings. The molecule has 2 aliphatic heterocycles.